The van der Waals surface area contributed by atoms with Crippen molar-refractivity contribution in [1.29, 1.82) is 0 Å². The van der Waals surface area contributed by atoms with Crippen LogP contribution in [-0.2, 0) is 0 Å². The van der Waals surface area contributed by atoms with E-state index in [1.54, 1.807) is 0 Å². The van der Waals surface area contributed by atoms with E-state index in [1.165, 1.54) is 33.8 Å². The molecule has 0 aromatic heterocycles. The van der Waals surface area contributed by atoms with E-state index in [2.05, 4.69) is 156 Å². The van der Waals surface area contributed by atoms with Crippen LogP contribution in [0.25, 0.3) is 22.3 Å². The van der Waals surface area contributed by atoms with Crippen molar-refractivity contribution in [3.63, 3.8) is 0 Å². The molecule has 0 saturated carbocycles. The minimum Gasteiger partial charge on any atom is -0.363 e. The third-order valence-electron chi connectivity index (χ3n) is 9.17. The lowest BCUT2D eigenvalue weighted by Gasteiger charge is -2.27. The van der Waals surface area contributed by atoms with Gasteiger partial charge in [0.05, 0.1) is 11.4 Å². The summed E-state index contributed by atoms with van der Waals surface area (Å²) in [6.45, 7) is 2.23. The van der Waals surface area contributed by atoms with Crippen LogP contribution in [0.3, 0.4) is 0 Å². The normalized spacial score (nSPS) is 19.8. The predicted molar refractivity (Wildman–Crippen MR) is 196 cm³/mol. The molecule has 2 aliphatic heterocycles. The van der Waals surface area contributed by atoms with E-state index in [9.17, 15) is 0 Å². The van der Waals surface area contributed by atoms with E-state index in [1.807, 2.05) is 18.2 Å². The lowest BCUT2D eigenvalue weighted by atomic mass is 9.96. The molecule has 230 valence electrons. The summed E-state index contributed by atoms with van der Waals surface area (Å²) in [6, 6.07) is 45.3. The Morgan fingerprint density at radius 3 is 2.17 bits per heavy atom. The van der Waals surface area contributed by atoms with E-state index >= 15 is 0 Å². The zero-order chi connectivity index (χ0) is 31.6. The fraction of sp³-hybridized carbons (Fsp3) is 0.143. The molecule has 47 heavy (non-hydrogen) atoms. The summed E-state index contributed by atoms with van der Waals surface area (Å²) >= 11 is 0. The first-order chi connectivity index (χ1) is 23.2. The summed E-state index contributed by atoms with van der Waals surface area (Å²) < 4.78 is 0. The second kappa shape index (κ2) is 12.6. The number of fused-ring (bicyclic) bond motifs is 1. The average Bonchev–Trinajstić information content (AvgIpc) is 3.54. The Balaban J connectivity index is 1.11. The molecule has 3 aliphatic rings. The van der Waals surface area contributed by atoms with Crippen molar-refractivity contribution in [1.82, 2.24) is 5.32 Å². The molecule has 5 aromatic carbocycles. The molecule has 0 fully saturated rings. The highest BCUT2D eigenvalue weighted by Gasteiger charge is 2.28. The molecule has 3 unspecified atom stereocenters. The summed E-state index contributed by atoms with van der Waals surface area (Å²) in [6.07, 6.45) is 10.5. The Labute approximate surface area is 276 Å². The van der Waals surface area contributed by atoms with Gasteiger partial charge in [0.25, 0.3) is 0 Å². The number of benzene rings is 5. The number of hydrogen-bond acceptors (Lipinski definition) is 5. The summed E-state index contributed by atoms with van der Waals surface area (Å²) in [4.78, 5) is 12.5. The SMILES string of the molecule is CCC1Nc2ccccc2N1c1cccc(-c2cccc(-c3cccc(C4N=C(c5ccccc5)N=C(C5C=CC=CC5)N4)c3)c2)c1. The van der Waals surface area contributed by atoms with E-state index in [0.717, 1.165) is 41.2 Å². The fourth-order valence-electron chi connectivity index (χ4n) is 6.75. The molecule has 0 bridgehead atoms. The highest BCUT2D eigenvalue weighted by Crippen LogP contribution is 2.42. The number of aliphatic imine (C=N–C) groups is 2. The van der Waals surface area contributed by atoms with Crippen LogP contribution in [0, 0.1) is 5.92 Å². The Bertz CT molecular complexity index is 2040. The van der Waals surface area contributed by atoms with Crippen LogP contribution in [0.15, 0.2) is 162 Å². The fourth-order valence-corrected chi connectivity index (χ4v) is 6.75. The van der Waals surface area contributed by atoms with Crippen molar-refractivity contribution in [2.45, 2.75) is 32.1 Å². The van der Waals surface area contributed by atoms with Crippen molar-refractivity contribution < 1.29 is 0 Å². The standard InChI is InChI=1S/C42H37N5/c1-2-39-43-37-24-9-10-25-38(37)47(39)36-23-13-21-34(28-36)32-19-11-18-31(26-32)33-20-12-22-35(27-33)42-45-40(29-14-5-3-6-15-29)44-41(46-42)30-16-7-4-8-17-30/h3-16,18-28,30,39,42-43H,2,17H2,1H3,(H,44,45,46). The maximum absolute atomic E-state index is 5.11. The quantitative estimate of drug-likeness (QED) is 0.193. The van der Waals surface area contributed by atoms with Crippen LogP contribution in [0.1, 0.15) is 37.1 Å². The highest BCUT2D eigenvalue weighted by molar-refractivity contribution is 6.09. The first-order valence-electron chi connectivity index (χ1n) is 16.5. The number of amidine groups is 2. The van der Waals surface area contributed by atoms with Gasteiger partial charge in [-0.3, -0.25) is 0 Å². The van der Waals surface area contributed by atoms with E-state index < -0.39 is 0 Å². The smallest absolute Gasteiger partial charge is 0.159 e. The van der Waals surface area contributed by atoms with E-state index in [-0.39, 0.29) is 18.2 Å². The van der Waals surface area contributed by atoms with Crippen molar-refractivity contribution in [2.24, 2.45) is 15.9 Å². The lowest BCUT2D eigenvalue weighted by molar-refractivity contribution is 0.643. The number of allylic oxidation sites excluding steroid dienone is 3. The van der Waals surface area contributed by atoms with E-state index in [4.69, 9.17) is 9.98 Å². The molecule has 3 atom stereocenters. The van der Waals surface area contributed by atoms with Gasteiger partial charge in [0.2, 0.25) is 0 Å². The van der Waals surface area contributed by atoms with Crippen molar-refractivity contribution in [2.75, 3.05) is 10.2 Å². The molecule has 5 nitrogen and oxygen atoms in total. The molecule has 1 aliphatic carbocycles. The summed E-state index contributed by atoms with van der Waals surface area (Å²) in [5.74, 6) is 1.92. The van der Waals surface area contributed by atoms with Crippen LogP contribution >= 0.6 is 0 Å². The Hall–Kier alpha value is -5.68. The van der Waals surface area contributed by atoms with Crippen LogP contribution in [0.4, 0.5) is 17.1 Å². The molecule has 5 heteroatoms. The molecule has 5 aromatic rings. The zero-order valence-corrected chi connectivity index (χ0v) is 26.4. The molecule has 0 saturated heterocycles. The van der Waals surface area contributed by atoms with Gasteiger partial charge in [0, 0.05) is 17.2 Å². The summed E-state index contributed by atoms with van der Waals surface area (Å²) in [5, 5.41) is 7.36. The Kier molecular flexibility index (Phi) is 7.72. The molecular weight excluding hydrogens is 574 g/mol. The van der Waals surface area contributed by atoms with Gasteiger partial charge in [-0.1, -0.05) is 122 Å². The van der Waals surface area contributed by atoms with Crippen molar-refractivity contribution in [3.05, 3.63) is 163 Å². The lowest BCUT2D eigenvalue weighted by Crippen LogP contribution is -2.37. The molecule has 8 rings (SSSR count). The van der Waals surface area contributed by atoms with Gasteiger partial charge < -0.3 is 15.5 Å². The van der Waals surface area contributed by atoms with Crippen LogP contribution in [-0.4, -0.2) is 17.8 Å². The topological polar surface area (TPSA) is 52.0 Å². The van der Waals surface area contributed by atoms with E-state index in [0.29, 0.717) is 0 Å². The first kappa shape index (κ1) is 28.8. The minimum absolute atomic E-state index is 0.199. The number of nitrogens with zero attached hydrogens (tertiary/aromatic N) is 3. The third kappa shape index (κ3) is 5.77. The average molecular weight is 612 g/mol. The van der Waals surface area contributed by atoms with Crippen LogP contribution < -0.4 is 15.5 Å². The molecule has 0 radical (unpaired) electrons. The number of para-hydroxylation sites is 2. The second-order valence-corrected chi connectivity index (χ2v) is 12.2. The minimum atomic E-state index is -0.236. The highest BCUT2D eigenvalue weighted by atomic mass is 15.3. The predicted octanol–water partition coefficient (Wildman–Crippen LogP) is 9.90. The Morgan fingerprint density at radius 1 is 0.681 bits per heavy atom. The maximum Gasteiger partial charge on any atom is 0.159 e. The third-order valence-corrected chi connectivity index (χ3v) is 9.17. The van der Waals surface area contributed by atoms with Gasteiger partial charge in [-0.25, -0.2) is 9.98 Å². The van der Waals surface area contributed by atoms with Crippen LogP contribution in [0.2, 0.25) is 0 Å². The van der Waals surface area contributed by atoms with Crippen LogP contribution in [0.5, 0.6) is 0 Å². The number of rotatable bonds is 7. The van der Waals surface area contributed by atoms with Gasteiger partial charge in [-0.2, -0.15) is 0 Å². The first-order valence-corrected chi connectivity index (χ1v) is 16.5. The van der Waals surface area contributed by atoms with Crippen molar-refractivity contribution in [3.8, 4) is 22.3 Å². The zero-order valence-electron chi connectivity index (χ0n) is 26.4. The largest absolute Gasteiger partial charge is 0.363 e. The molecule has 2 heterocycles. The van der Waals surface area contributed by atoms with Gasteiger partial charge in [-0.05, 0) is 77.1 Å². The molecular formula is C42H37N5. The number of nitrogens with one attached hydrogen (secondary N) is 2. The maximum atomic E-state index is 5.11. The number of hydrogen-bond donors (Lipinski definition) is 2. The van der Waals surface area contributed by atoms with Crippen molar-refractivity contribution >= 4 is 28.7 Å². The van der Waals surface area contributed by atoms with Gasteiger partial charge >= 0.3 is 0 Å². The number of anilines is 3. The molecule has 0 spiro atoms. The molecule has 2 N–H and O–H groups in total. The monoisotopic (exact) mass is 611 g/mol. The van der Waals surface area contributed by atoms with Gasteiger partial charge in [-0.15, -0.1) is 0 Å². The summed E-state index contributed by atoms with van der Waals surface area (Å²) in [7, 11) is 0. The second-order valence-electron chi connectivity index (χ2n) is 12.2. The summed E-state index contributed by atoms with van der Waals surface area (Å²) in [5.41, 5.74) is 10.4. The Morgan fingerprint density at radius 2 is 1.38 bits per heavy atom. The van der Waals surface area contributed by atoms with Gasteiger partial charge in [0.15, 0.2) is 5.84 Å². The van der Waals surface area contributed by atoms with Gasteiger partial charge in [0.1, 0.15) is 18.2 Å². The molecule has 0 amide bonds.